The van der Waals surface area contributed by atoms with Crippen molar-refractivity contribution >= 4 is 24.1 Å². The number of hydrogen-bond donors (Lipinski definition) is 0. The van der Waals surface area contributed by atoms with Crippen molar-refractivity contribution in [2.24, 2.45) is 0 Å². The fraction of sp³-hybridized carbons (Fsp3) is 0.118. The molecule has 0 unspecified atom stereocenters. The summed E-state index contributed by atoms with van der Waals surface area (Å²) in [4.78, 5) is 4.63. The first-order valence-electron chi connectivity index (χ1n) is 6.81. The van der Waals surface area contributed by atoms with Crippen LogP contribution in [0.15, 0.2) is 73.1 Å². The smallest absolute Gasteiger partial charge is 0.140 e. The highest BCUT2D eigenvalue weighted by Crippen LogP contribution is 2.31. The van der Waals surface area contributed by atoms with Gasteiger partial charge in [0.05, 0.1) is 0 Å². The third kappa shape index (κ3) is 2.52. The second-order valence-electron chi connectivity index (χ2n) is 4.52. The van der Waals surface area contributed by atoms with Gasteiger partial charge in [-0.2, -0.15) is 0 Å². The highest BCUT2D eigenvalue weighted by molar-refractivity contribution is 7.79. The summed E-state index contributed by atoms with van der Waals surface area (Å²) in [5, 5.41) is 2.68. The predicted molar refractivity (Wildman–Crippen MR) is 86.6 cm³/mol. The fourth-order valence-corrected chi connectivity index (χ4v) is 4.64. The Hall–Kier alpha value is -1.92. The van der Waals surface area contributed by atoms with E-state index in [1.165, 1.54) is 16.2 Å². The van der Waals surface area contributed by atoms with Crippen molar-refractivity contribution in [2.75, 3.05) is 0 Å². The van der Waals surface area contributed by atoms with Crippen LogP contribution in [0.1, 0.15) is 6.92 Å². The molecule has 1 aromatic heterocycles. The Balaban J connectivity index is 2.14. The molecule has 2 aromatic carbocycles. The van der Waals surface area contributed by atoms with Gasteiger partial charge < -0.3 is 4.57 Å². The minimum absolute atomic E-state index is 0.584. The van der Waals surface area contributed by atoms with Crippen LogP contribution in [0.5, 0.6) is 0 Å². The molecule has 3 rings (SSSR count). The van der Waals surface area contributed by atoms with E-state index in [4.69, 9.17) is 0 Å². The first kappa shape index (κ1) is 13.1. The van der Waals surface area contributed by atoms with Crippen LogP contribution in [-0.4, -0.2) is 9.55 Å². The lowest BCUT2D eigenvalue weighted by molar-refractivity contribution is 0.786. The summed E-state index contributed by atoms with van der Waals surface area (Å²) in [5.74, 6) is 0. The van der Waals surface area contributed by atoms with E-state index in [0.717, 1.165) is 6.54 Å². The SMILES string of the molecule is CCn1ccnc1P(c1ccccc1)c1ccccc1. The number of hydrogen-bond acceptors (Lipinski definition) is 1. The highest BCUT2D eigenvalue weighted by atomic mass is 31.1. The Bertz CT molecular complexity index is 622. The molecular weight excluding hydrogens is 263 g/mol. The second kappa shape index (κ2) is 6.02. The minimum Gasteiger partial charge on any atom is -0.331 e. The van der Waals surface area contributed by atoms with Crippen molar-refractivity contribution in [1.29, 1.82) is 0 Å². The number of benzene rings is 2. The van der Waals surface area contributed by atoms with Crippen LogP contribution in [0.4, 0.5) is 0 Å². The maximum atomic E-state index is 4.63. The minimum atomic E-state index is -0.584. The zero-order chi connectivity index (χ0) is 13.8. The Morgan fingerprint density at radius 3 is 1.95 bits per heavy atom. The summed E-state index contributed by atoms with van der Waals surface area (Å²) in [6.45, 7) is 3.11. The van der Waals surface area contributed by atoms with Gasteiger partial charge in [-0.3, -0.25) is 0 Å². The van der Waals surface area contributed by atoms with Gasteiger partial charge in [-0.25, -0.2) is 4.98 Å². The van der Waals surface area contributed by atoms with Crippen LogP contribution in [0.2, 0.25) is 0 Å². The van der Waals surface area contributed by atoms with Crippen molar-refractivity contribution in [3.05, 3.63) is 73.1 Å². The van der Waals surface area contributed by atoms with Crippen molar-refractivity contribution in [2.45, 2.75) is 13.5 Å². The summed E-state index contributed by atoms with van der Waals surface area (Å²) >= 11 is 0. The molecule has 0 fully saturated rings. The first-order chi connectivity index (χ1) is 9.90. The molecule has 0 atom stereocenters. The standard InChI is InChI=1S/C17H17N2P/c1-2-19-14-13-18-17(19)20(15-9-5-3-6-10-15)16-11-7-4-8-12-16/h3-14H,2H2,1H3. The summed E-state index contributed by atoms with van der Waals surface area (Å²) in [6, 6.07) is 21.4. The van der Waals surface area contributed by atoms with Crippen LogP contribution in [0.3, 0.4) is 0 Å². The number of nitrogens with zero attached hydrogens (tertiary/aromatic N) is 2. The molecule has 0 radical (unpaired) electrons. The second-order valence-corrected chi connectivity index (χ2v) is 6.62. The van der Waals surface area contributed by atoms with Crippen molar-refractivity contribution in [3.8, 4) is 0 Å². The van der Waals surface area contributed by atoms with E-state index in [-0.39, 0.29) is 0 Å². The third-order valence-electron chi connectivity index (χ3n) is 3.26. The van der Waals surface area contributed by atoms with Gasteiger partial charge in [-0.15, -0.1) is 0 Å². The van der Waals surface area contributed by atoms with Crippen molar-refractivity contribution in [1.82, 2.24) is 9.55 Å². The number of aromatic nitrogens is 2. The van der Waals surface area contributed by atoms with E-state index in [2.05, 4.69) is 83.3 Å². The fourth-order valence-electron chi connectivity index (χ4n) is 2.29. The molecule has 0 saturated carbocycles. The maximum absolute atomic E-state index is 4.63. The molecule has 0 aliphatic carbocycles. The summed E-state index contributed by atoms with van der Waals surface area (Å²) < 4.78 is 2.24. The Morgan fingerprint density at radius 2 is 1.45 bits per heavy atom. The molecule has 3 aromatic rings. The van der Waals surface area contributed by atoms with Gasteiger partial charge in [-0.05, 0) is 17.5 Å². The first-order valence-corrected chi connectivity index (χ1v) is 8.15. The van der Waals surface area contributed by atoms with E-state index in [1.54, 1.807) is 0 Å². The molecule has 0 bridgehead atoms. The van der Waals surface area contributed by atoms with E-state index in [9.17, 15) is 0 Å². The molecule has 0 spiro atoms. The molecule has 0 aliphatic heterocycles. The lowest BCUT2D eigenvalue weighted by atomic mass is 10.4. The summed E-state index contributed by atoms with van der Waals surface area (Å²) in [5.41, 5.74) is 1.17. The normalized spacial score (nSPS) is 10.9. The lowest BCUT2D eigenvalue weighted by Gasteiger charge is -2.19. The average molecular weight is 280 g/mol. The Kier molecular flexibility index (Phi) is 3.94. The number of aryl methyl sites for hydroxylation is 1. The molecule has 2 nitrogen and oxygen atoms in total. The van der Waals surface area contributed by atoms with Gasteiger partial charge >= 0.3 is 0 Å². The highest BCUT2D eigenvalue weighted by Gasteiger charge is 2.20. The third-order valence-corrected chi connectivity index (χ3v) is 5.66. The number of imidazole rings is 1. The molecule has 0 saturated heterocycles. The van der Waals surface area contributed by atoms with Gasteiger partial charge in [0.25, 0.3) is 0 Å². The van der Waals surface area contributed by atoms with E-state index >= 15 is 0 Å². The van der Waals surface area contributed by atoms with E-state index in [1.807, 2.05) is 6.20 Å². The molecule has 20 heavy (non-hydrogen) atoms. The zero-order valence-corrected chi connectivity index (χ0v) is 12.4. The van der Waals surface area contributed by atoms with Gasteiger partial charge in [0.2, 0.25) is 0 Å². The van der Waals surface area contributed by atoms with Crippen molar-refractivity contribution in [3.63, 3.8) is 0 Å². The quantitative estimate of drug-likeness (QED) is 0.672. The predicted octanol–water partition coefficient (Wildman–Crippen LogP) is 2.66. The maximum Gasteiger partial charge on any atom is 0.140 e. The van der Waals surface area contributed by atoms with Gasteiger partial charge in [-0.1, -0.05) is 60.7 Å². The number of rotatable bonds is 4. The molecule has 0 N–H and O–H groups in total. The molecular formula is C17H17N2P. The van der Waals surface area contributed by atoms with Gasteiger partial charge in [0.15, 0.2) is 0 Å². The summed E-state index contributed by atoms with van der Waals surface area (Å²) in [6.07, 6.45) is 3.97. The molecule has 100 valence electrons. The van der Waals surface area contributed by atoms with Gasteiger partial charge in [0, 0.05) is 26.9 Å². The zero-order valence-electron chi connectivity index (χ0n) is 11.5. The Labute approximate surface area is 120 Å². The average Bonchev–Trinajstić information content (AvgIpc) is 2.98. The van der Waals surface area contributed by atoms with Crippen LogP contribution in [0, 0.1) is 0 Å². The Morgan fingerprint density at radius 1 is 0.900 bits per heavy atom. The van der Waals surface area contributed by atoms with E-state index in [0.29, 0.717) is 0 Å². The largest absolute Gasteiger partial charge is 0.331 e. The lowest BCUT2D eigenvalue weighted by Crippen LogP contribution is -2.27. The van der Waals surface area contributed by atoms with Crippen LogP contribution in [-0.2, 0) is 6.54 Å². The topological polar surface area (TPSA) is 17.8 Å². The molecule has 1 heterocycles. The van der Waals surface area contributed by atoms with Gasteiger partial charge in [0.1, 0.15) is 5.57 Å². The van der Waals surface area contributed by atoms with E-state index < -0.39 is 7.92 Å². The summed E-state index contributed by atoms with van der Waals surface area (Å²) in [7, 11) is -0.584. The molecule has 0 amide bonds. The molecule has 0 aliphatic rings. The van der Waals surface area contributed by atoms with Crippen LogP contribution in [0.25, 0.3) is 0 Å². The molecule has 3 heteroatoms. The van der Waals surface area contributed by atoms with Crippen LogP contribution < -0.4 is 16.2 Å². The van der Waals surface area contributed by atoms with Crippen molar-refractivity contribution < 1.29 is 0 Å². The monoisotopic (exact) mass is 280 g/mol. The van der Waals surface area contributed by atoms with Crippen LogP contribution >= 0.6 is 7.92 Å².